The molecule has 0 spiro atoms. The van der Waals surface area contributed by atoms with Crippen molar-refractivity contribution in [1.29, 1.82) is 0 Å². The van der Waals surface area contributed by atoms with Gasteiger partial charge in [-0.1, -0.05) is 53.5 Å². The number of benzene rings is 2. The lowest BCUT2D eigenvalue weighted by molar-refractivity contribution is 0.0512. The molecule has 2 aromatic carbocycles. The van der Waals surface area contributed by atoms with E-state index in [-0.39, 0.29) is 35.6 Å². The predicted molar refractivity (Wildman–Crippen MR) is 227 cm³/mol. The minimum absolute atomic E-state index is 0.0240. The van der Waals surface area contributed by atoms with Crippen LogP contribution >= 0.6 is 0 Å². The van der Waals surface area contributed by atoms with Crippen LogP contribution in [-0.4, -0.2) is 89.9 Å². The molecule has 2 unspecified atom stereocenters. The van der Waals surface area contributed by atoms with Gasteiger partial charge in [0.05, 0.1) is 30.1 Å². The number of fused-ring (bicyclic) bond motifs is 3. The highest BCUT2D eigenvalue weighted by Gasteiger charge is 2.42. The number of rotatable bonds is 13. The van der Waals surface area contributed by atoms with Crippen molar-refractivity contribution in [3.63, 3.8) is 0 Å². The van der Waals surface area contributed by atoms with Crippen molar-refractivity contribution in [2.45, 2.75) is 102 Å². The molecule has 8 rings (SSSR count). The van der Waals surface area contributed by atoms with Gasteiger partial charge >= 0.3 is 6.01 Å². The summed E-state index contributed by atoms with van der Waals surface area (Å²) in [6, 6.07) is 9.24. The number of halogens is 2. The van der Waals surface area contributed by atoms with Crippen LogP contribution < -0.4 is 14.4 Å². The summed E-state index contributed by atoms with van der Waals surface area (Å²) >= 11 is 0. The van der Waals surface area contributed by atoms with Crippen LogP contribution in [0, 0.1) is 29.0 Å². The first-order valence-electron chi connectivity index (χ1n) is 20.9. The molecule has 13 heteroatoms. The van der Waals surface area contributed by atoms with Gasteiger partial charge in [-0.05, 0) is 85.0 Å². The average Bonchev–Trinajstić information content (AvgIpc) is 3.97. The Labute approximate surface area is 341 Å². The smallest absolute Gasteiger partial charge is 0.317 e. The number of pyridine rings is 1. The molecular formula is C45H55F2N7O3Si. The number of nitrogens with zero attached hydrogens (tertiary/aromatic N) is 7. The molecule has 3 aliphatic heterocycles. The summed E-state index contributed by atoms with van der Waals surface area (Å²) in [5.41, 5.74) is 5.41. The van der Waals surface area contributed by atoms with E-state index in [1.807, 2.05) is 23.0 Å². The fraction of sp³-hybridized carbons (Fsp3) is 0.511. The minimum atomic E-state index is -2.29. The largest absolute Gasteiger partial charge is 0.468 e. The van der Waals surface area contributed by atoms with E-state index in [0.29, 0.717) is 81.6 Å². The van der Waals surface area contributed by atoms with Crippen molar-refractivity contribution in [2.75, 3.05) is 45.0 Å². The van der Waals surface area contributed by atoms with Crippen molar-refractivity contribution in [3.8, 4) is 34.5 Å². The van der Waals surface area contributed by atoms with Crippen LogP contribution in [-0.2, 0) is 11.3 Å². The third kappa shape index (κ3) is 7.32. The van der Waals surface area contributed by atoms with Crippen LogP contribution in [0.5, 0.6) is 11.8 Å². The highest BCUT2D eigenvalue weighted by atomic mass is 28.3. The Morgan fingerprint density at radius 3 is 2.47 bits per heavy atom. The molecule has 0 amide bonds. The van der Waals surface area contributed by atoms with Crippen molar-refractivity contribution in [2.24, 2.45) is 5.92 Å². The van der Waals surface area contributed by atoms with E-state index in [2.05, 4.69) is 72.9 Å². The zero-order valence-electron chi connectivity index (χ0n) is 34.8. The number of ether oxygens (including phenoxy) is 3. The van der Waals surface area contributed by atoms with Crippen molar-refractivity contribution in [1.82, 2.24) is 29.6 Å². The van der Waals surface area contributed by atoms with Gasteiger partial charge in [-0.25, -0.2) is 18.7 Å². The number of aromatic nitrogens is 5. The molecule has 0 saturated carbocycles. The lowest BCUT2D eigenvalue weighted by Crippen LogP contribution is -2.50. The van der Waals surface area contributed by atoms with Crippen LogP contribution in [0.25, 0.3) is 32.9 Å². The van der Waals surface area contributed by atoms with Gasteiger partial charge < -0.3 is 19.1 Å². The minimum Gasteiger partial charge on any atom is -0.468 e. The second kappa shape index (κ2) is 16.5. The molecule has 3 saturated heterocycles. The van der Waals surface area contributed by atoms with Gasteiger partial charge in [0.25, 0.3) is 0 Å². The molecule has 0 aliphatic carbocycles. The van der Waals surface area contributed by atoms with Crippen LogP contribution in [0.1, 0.15) is 72.8 Å². The zero-order valence-corrected chi connectivity index (χ0v) is 35.8. The van der Waals surface area contributed by atoms with Crippen LogP contribution in [0.2, 0.25) is 16.6 Å². The second-order valence-electron chi connectivity index (χ2n) is 17.2. The summed E-state index contributed by atoms with van der Waals surface area (Å²) in [6.07, 6.45) is 9.66. The predicted octanol–water partition coefficient (Wildman–Crippen LogP) is 9.01. The number of anilines is 1. The molecule has 3 atom stereocenters. The summed E-state index contributed by atoms with van der Waals surface area (Å²) in [4.78, 5) is 19.2. The maximum absolute atomic E-state index is 17.6. The Morgan fingerprint density at radius 2 is 1.76 bits per heavy atom. The molecular weight excluding hydrogens is 753 g/mol. The summed E-state index contributed by atoms with van der Waals surface area (Å²) in [5.74, 6) is 3.61. The van der Waals surface area contributed by atoms with E-state index >= 15 is 8.78 Å². The second-order valence-corrected chi connectivity index (χ2v) is 22.8. The Bertz CT molecular complexity index is 2320. The van der Waals surface area contributed by atoms with E-state index in [1.54, 1.807) is 31.6 Å². The first kappa shape index (κ1) is 40.1. The fourth-order valence-electron chi connectivity index (χ4n) is 10.1. The molecule has 0 bridgehead atoms. The zero-order chi connectivity index (χ0) is 40.7. The molecule has 0 N–H and O–H groups in total. The highest BCUT2D eigenvalue weighted by molar-refractivity contribution is 6.90. The Hall–Kier alpha value is -4.64. The molecule has 5 aromatic rings. The molecule has 58 heavy (non-hydrogen) atoms. The topological polar surface area (TPSA) is 90.7 Å². The number of hydrogen-bond donors (Lipinski definition) is 0. The van der Waals surface area contributed by atoms with Gasteiger partial charge in [-0.3, -0.25) is 9.58 Å². The molecule has 3 fully saturated rings. The summed E-state index contributed by atoms with van der Waals surface area (Å²) in [6.45, 7) is 17.4. The average molecular weight is 808 g/mol. The third-order valence-electron chi connectivity index (χ3n) is 13.1. The molecule has 3 aromatic heterocycles. The van der Waals surface area contributed by atoms with E-state index in [1.165, 1.54) is 18.9 Å². The van der Waals surface area contributed by atoms with Crippen molar-refractivity contribution < 1.29 is 23.0 Å². The lowest BCUT2D eigenvalue weighted by Gasteiger charge is -2.42. The summed E-state index contributed by atoms with van der Waals surface area (Å²) in [5, 5.41) is 6.03. The van der Waals surface area contributed by atoms with Gasteiger partial charge in [0.1, 0.15) is 36.7 Å². The molecule has 10 nitrogen and oxygen atoms in total. The first-order chi connectivity index (χ1) is 28.0. The Balaban J connectivity index is 1.32. The molecule has 3 aliphatic rings. The summed E-state index contributed by atoms with van der Waals surface area (Å²) in [7, 11) is -0.746. The molecule has 306 valence electrons. The van der Waals surface area contributed by atoms with Gasteiger partial charge in [0.2, 0.25) is 0 Å². The Morgan fingerprint density at radius 1 is 0.948 bits per heavy atom. The normalized spacial score (nSPS) is 19.7. The van der Waals surface area contributed by atoms with Crippen LogP contribution in [0.3, 0.4) is 0 Å². The van der Waals surface area contributed by atoms with E-state index in [4.69, 9.17) is 24.2 Å². The van der Waals surface area contributed by atoms with E-state index < -0.39 is 19.7 Å². The molecule has 0 radical (unpaired) electrons. The van der Waals surface area contributed by atoms with Crippen LogP contribution in [0.15, 0.2) is 48.9 Å². The molecule has 6 heterocycles. The van der Waals surface area contributed by atoms with Gasteiger partial charge in [0, 0.05) is 55.2 Å². The van der Waals surface area contributed by atoms with Gasteiger partial charge in [-0.2, -0.15) is 10.1 Å². The quantitative estimate of drug-likeness (QED) is 0.0657. The number of hydrogen-bond acceptors (Lipinski definition) is 9. The van der Waals surface area contributed by atoms with E-state index in [9.17, 15) is 0 Å². The standard InChI is InChI=1S/C45H55F2N7O3Si/c1-28(2)58(29(3)4,30(5)6)21-15-35-38(46)12-11-31-22-34(57-27-55-7)23-36(40(31)35)42-41(47)43-37(44(50-42)54-20-14-33(54)25-53-18-9-16-49-53)24-48-45(51-43)56-26-32-13-19-52-17-8-10-39(32)52/h9,11-12,16,18,22-24,28-30,32-33,39H,8,10,13-14,17,19-20,25-27H2,1-7H3/t32?,33-,39?/m1/s1. The fourth-order valence-corrected chi connectivity index (χ4v) is 15.3. The maximum atomic E-state index is 17.6. The first-order valence-corrected chi connectivity index (χ1v) is 23.1. The van der Waals surface area contributed by atoms with Gasteiger partial charge in [0.15, 0.2) is 12.6 Å². The third-order valence-corrected chi connectivity index (χ3v) is 19.4. The van der Waals surface area contributed by atoms with Crippen LogP contribution in [0.4, 0.5) is 14.6 Å². The SMILES string of the molecule is COCOc1cc(-c2nc(N3CC[C@@H]3Cn3cccn3)c3cnc(OCC4CCN5CCCC45)nc3c2F)c2c(C#C[Si](C(C)C)(C(C)C)C(C)C)c(F)ccc2c1. The van der Waals surface area contributed by atoms with Crippen molar-refractivity contribution in [3.05, 3.63) is 66.1 Å². The van der Waals surface area contributed by atoms with E-state index in [0.717, 1.165) is 25.9 Å². The Kier molecular flexibility index (Phi) is 11.5. The summed E-state index contributed by atoms with van der Waals surface area (Å²) < 4.78 is 53.4. The number of methoxy groups -OCH3 is 1. The maximum Gasteiger partial charge on any atom is 0.317 e. The lowest BCUT2D eigenvalue weighted by atomic mass is 9.95. The van der Waals surface area contributed by atoms with Gasteiger partial charge in [-0.15, -0.1) is 5.54 Å². The highest BCUT2D eigenvalue weighted by Crippen LogP contribution is 2.44. The monoisotopic (exact) mass is 807 g/mol. The van der Waals surface area contributed by atoms with Crippen molar-refractivity contribution >= 4 is 35.6 Å².